The van der Waals surface area contributed by atoms with Crippen molar-refractivity contribution < 1.29 is 13.6 Å². The molecule has 0 saturated heterocycles. The van der Waals surface area contributed by atoms with Gasteiger partial charge in [-0.3, -0.25) is 4.79 Å². The number of nitrogens with one attached hydrogen (secondary N) is 1. The Balaban J connectivity index is 1.96. The van der Waals surface area contributed by atoms with Crippen LogP contribution in [-0.2, 0) is 11.3 Å². The number of alkyl halides is 1. The zero-order valence-electron chi connectivity index (χ0n) is 10.4. The Kier molecular flexibility index (Phi) is 4.69. The average Bonchev–Trinajstić information content (AvgIpc) is 2.48. The Labute approximate surface area is 120 Å². The highest BCUT2D eigenvalue weighted by Crippen LogP contribution is 2.20. The normalized spacial score (nSPS) is 11.9. The largest absolute Gasteiger partial charge is 0.350 e. The van der Waals surface area contributed by atoms with Crippen LogP contribution < -0.4 is 5.32 Å². The van der Waals surface area contributed by atoms with Crippen molar-refractivity contribution in [3.8, 4) is 0 Å². The summed E-state index contributed by atoms with van der Waals surface area (Å²) in [4.78, 5) is 11.9. The molecule has 0 aliphatic rings. The van der Waals surface area contributed by atoms with Gasteiger partial charge in [-0.25, -0.2) is 8.78 Å². The summed E-state index contributed by atoms with van der Waals surface area (Å²) in [5, 5.41) is 1.77. The number of hydrogen-bond acceptors (Lipinski definition) is 1. The molecule has 104 valence electrons. The second-order valence-electron chi connectivity index (χ2n) is 4.24. The van der Waals surface area contributed by atoms with E-state index in [-0.39, 0.29) is 12.5 Å². The molecule has 0 aromatic heterocycles. The maximum Gasteiger partial charge on any atom is 0.242 e. The molecule has 0 aliphatic heterocycles. The van der Waals surface area contributed by atoms with Crippen LogP contribution in [0.3, 0.4) is 0 Å². The fourth-order valence-corrected chi connectivity index (χ4v) is 1.92. The molecule has 0 spiro atoms. The van der Waals surface area contributed by atoms with Crippen LogP contribution in [0.5, 0.6) is 0 Å². The standard InChI is InChI=1S/C15H12ClF2NO/c16-14(11-4-2-1-3-5-11)15(20)19-9-10-6-7-12(17)13(18)8-10/h1-8,14H,9H2,(H,19,20). The average molecular weight is 296 g/mol. The number of rotatable bonds is 4. The molecule has 2 nitrogen and oxygen atoms in total. The predicted molar refractivity (Wildman–Crippen MR) is 73.2 cm³/mol. The third-order valence-electron chi connectivity index (χ3n) is 2.77. The molecule has 1 N–H and O–H groups in total. The lowest BCUT2D eigenvalue weighted by molar-refractivity contribution is -0.121. The van der Waals surface area contributed by atoms with E-state index in [0.717, 1.165) is 12.1 Å². The van der Waals surface area contributed by atoms with Crippen LogP contribution in [0.15, 0.2) is 48.5 Å². The van der Waals surface area contributed by atoms with E-state index in [1.807, 2.05) is 6.07 Å². The van der Waals surface area contributed by atoms with Gasteiger partial charge in [0.05, 0.1) is 0 Å². The van der Waals surface area contributed by atoms with Gasteiger partial charge in [0.2, 0.25) is 5.91 Å². The molecule has 0 saturated carbocycles. The minimum atomic E-state index is -0.942. The summed E-state index contributed by atoms with van der Waals surface area (Å²) in [5.41, 5.74) is 1.14. The third kappa shape index (κ3) is 3.54. The lowest BCUT2D eigenvalue weighted by Crippen LogP contribution is -2.26. The van der Waals surface area contributed by atoms with Crippen molar-refractivity contribution >= 4 is 17.5 Å². The topological polar surface area (TPSA) is 29.1 Å². The third-order valence-corrected chi connectivity index (χ3v) is 3.22. The Bertz CT molecular complexity index is 604. The van der Waals surface area contributed by atoms with E-state index in [9.17, 15) is 13.6 Å². The van der Waals surface area contributed by atoms with Gasteiger partial charge in [0.25, 0.3) is 0 Å². The molecular formula is C15H12ClF2NO. The van der Waals surface area contributed by atoms with E-state index >= 15 is 0 Å². The molecule has 0 bridgehead atoms. The van der Waals surface area contributed by atoms with Crippen molar-refractivity contribution in [2.75, 3.05) is 0 Å². The summed E-state index contributed by atoms with van der Waals surface area (Å²) in [6, 6.07) is 12.4. The van der Waals surface area contributed by atoms with E-state index in [4.69, 9.17) is 11.6 Å². The summed E-state index contributed by atoms with van der Waals surface area (Å²) in [6.45, 7) is 0.0894. The second kappa shape index (κ2) is 6.48. The maximum atomic E-state index is 13.0. The zero-order valence-corrected chi connectivity index (χ0v) is 11.2. The van der Waals surface area contributed by atoms with Crippen LogP contribution in [0, 0.1) is 11.6 Å². The molecule has 0 aliphatic carbocycles. The number of hydrogen-bond donors (Lipinski definition) is 1. The van der Waals surface area contributed by atoms with Gasteiger partial charge in [-0.1, -0.05) is 36.4 Å². The predicted octanol–water partition coefficient (Wildman–Crippen LogP) is 3.56. The maximum absolute atomic E-state index is 13.0. The number of amides is 1. The van der Waals surface area contributed by atoms with E-state index < -0.39 is 17.0 Å². The van der Waals surface area contributed by atoms with Gasteiger partial charge in [-0.05, 0) is 23.3 Å². The summed E-state index contributed by atoms with van der Waals surface area (Å²) in [7, 11) is 0. The monoisotopic (exact) mass is 295 g/mol. The van der Waals surface area contributed by atoms with Crippen molar-refractivity contribution in [1.82, 2.24) is 5.32 Å². The van der Waals surface area contributed by atoms with Crippen LogP contribution in [-0.4, -0.2) is 5.91 Å². The molecule has 1 unspecified atom stereocenters. The number of carbonyl (C=O) groups excluding carboxylic acids is 1. The highest BCUT2D eigenvalue weighted by Gasteiger charge is 2.16. The number of carbonyl (C=O) groups is 1. The van der Waals surface area contributed by atoms with Crippen LogP contribution in [0.1, 0.15) is 16.5 Å². The summed E-state index contributed by atoms with van der Waals surface area (Å²) >= 11 is 6.03. The molecule has 20 heavy (non-hydrogen) atoms. The Morgan fingerprint density at radius 1 is 1.10 bits per heavy atom. The minimum Gasteiger partial charge on any atom is -0.350 e. The smallest absolute Gasteiger partial charge is 0.242 e. The van der Waals surface area contributed by atoms with E-state index in [1.165, 1.54) is 6.07 Å². The van der Waals surface area contributed by atoms with Gasteiger partial charge in [-0.2, -0.15) is 0 Å². The fraction of sp³-hybridized carbons (Fsp3) is 0.133. The van der Waals surface area contributed by atoms with Gasteiger partial charge in [0, 0.05) is 6.54 Å². The van der Waals surface area contributed by atoms with E-state index in [0.29, 0.717) is 11.1 Å². The van der Waals surface area contributed by atoms with Crippen LogP contribution in [0.25, 0.3) is 0 Å². The lowest BCUT2D eigenvalue weighted by atomic mass is 10.1. The molecular weight excluding hydrogens is 284 g/mol. The van der Waals surface area contributed by atoms with Crippen LogP contribution in [0.4, 0.5) is 8.78 Å². The van der Waals surface area contributed by atoms with Crippen molar-refractivity contribution in [2.24, 2.45) is 0 Å². The van der Waals surface area contributed by atoms with Crippen molar-refractivity contribution in [1.29, 1.82) is 0 Å². The molecule has 2 rings (SSSR count). The number of benzene rings is 2. The molecule has 2 aromatic carbocycles. The van der Waals surface area contributed by atoms with Gasteiger partial charge in [-0.15, -0.1) is 11.6 Å². The van der Waals surface area contributed by atoms with Gasteiger partial charge < -0.3 is 5.32 Å². The zero-order chi connectivity index (χ0) is 14.5. The molecule has 0 heterocycles. The Morgan fingerprint density at radius 2 is 1.80 bits per heavy atom. The Morgan fingerprint density at radius 3 is 2.45 bits per heavy atom. The summed E-state index contributed by atoms with van der Waals surface area (Å²) in [6.07, 6.45) is 0. The molecule has 2 aromatic rings. The van der Waals surface area contributed by atoms with Crippen LogP contribution in [0.2, 0.25) is 0 Å². The van der Waals surface area contributed by atoms with Crippen molar-refractivity contribution in [3.05, 3.63) is 71.3 Å². The van der Waals surface area contributed by atoms with Gasteiger partial charge >= 0.3 is 0 Å². The summed E-state index contributed by atoms with van der Waals surface area (Å²) < 4.78 is 25.8. The second-order valence-corrected chi connectivity index (χ2v) is 4.68. The lowest BCUT2D eigenvalue weighted by Gasteiger charge is -2.11. The molecule has 0 radical (unpaired) electrons. The quantitative estimate of drug-likeness (QED) is 0.859. The SMILES string of the molecule is O=C(NCc1ccc(F)c(F)c1)C(Cl)c1ccccc1. The fourth-order valence-electron chi connectivity index (χ4n) is 1.70. The first-order valence-corrected chi connectivity index (χ1v) is 6.42. The van der Waals surface area contributed by atoms with E-state index in [2.05, 4.69) is 5.32 Å². The first kappa shape index (κ1) is 14.5. The summed E-state index contributed by atoms with van der Waals surface area (Å²) in [5.74, 6) is -2.25. The van der Waals surface area contributed by atoms with Crippen molar-refractivity contribution in [2.45, 2.75) is 11.9 Å². The number of halogens is 3. The first-order chi connectivity index (χ1) is 9.58. The Hall–Kier alpha value is -1.94. The molecule has 1 atom stereocenters. The van der Waals surface area contributed by atoms with Gasteiger partial charge in [0.15, 0.2) is 11.6 Å². The molecule has 5 heteroatoms. The van der Waals surface area contributed by atoms with Crippen molar-refractivity contribution in [3.63, 3.8) is 0 Å². The highest BCUT2D eigenvalue weighted by molar-refractivity contribution is 6.30. The first-order valence-electron chi connectivity index (χ1n) is 5.98. The van der Waals surface area contributed by atoms with Gasteiger partial charge in [0.1, 0.15) is 5.38 Å². The minimum absolute atomic E-state index is 0.0894. The van der Waals surface area contributed by atoms with Crippen LogP contribution >= 0.6 is 11.6 Å². The highest BCUT2D eigenvalue weighted by atomic mass is 35.5. The molecule has 1 amide bonds. The van der Waals surface area contributed by atoms with E-state index in [1.54, 1.807) is 24.3 Å². The molecule has 0 fully saturated rings.